The van der Waals surface area contributed by atoms with Crippen molar-refractivity contribution in [3.63, 3.8) is 0 Å². The van der Waals surface area contributed by atoms with E-state index in [9.17, 15) is 23.2 Å². The van der Waals surface area contributed by atoms with Gasteiger partial charge in [-0.1, -0.05) is 11.3 Å². The number of quaternary nitrogens is 1. The van der Waals surface area contributed by atoms with E-state index in [1.54, 1.807) is 11.4 Å². The van der Waals surface area contributed by atoms with Gasteiger partial charge in [0.2, 0.25) is 0 Å². The van der Waals surface area contributed by atoms with E-state index in [1.165, 1.54) is 11.3 Å². The minimum Gasteiger partial charge on any atom is -0.628 e. The maximum absolute atomic E-state index is 12.1. The molecule has 1 amide bonds. The number of hydrogen-bond donors (Lipinski definition) is 2. The fourth-order valence-electron chi connectivity index (χ4n) is 1.75. The van der Waals surface area contributed by atoms with Crippen molar-refractivity contribution in [2.45, 2.75) is 18.6 Å². The van der Waals surface area contributed by atoms with E-state index in [-0.39, 0.29) is 18.0 Å². The number of amides is 1. The lowest BCUT2D eigenvalue weighted by Crippen LogP contribution is -3.02. The minimum atomic E-state index is -4.89. The van der Waals surface area contributed by atoms with Gasteiger partial charge in [0, 0.05) is 12.0 Å². The van der Waals surface area contributed by atoms with Crippen LogP contribution in [0.5, 0.6) is 0 Å². The highest BCUT2D eigenvalue weighted by Gasteiger charge is 2.41. The fourth-order valence-corrected chi connectivity index (χ4v) is 2.69. The SMILES string of the molecule is O=C(NC1CC[NH+]([O-])c2sccc21)C(F)(F)F. The molecule has 1 aliphatic rings. The minimum absolute atomic E-state index is 0.0764. The molecule has 4 nitrogen and oxygen atoms in total. The second kappa shape index (κ2) is 4.28. The summed E-state index contributed by atoms with van der Waals surface area (Å²) in [6.07, 6.45) is -4.68. The summed E-state index contributed by atoms with van der Waals surface area (Å²) in [6, 6.07) is 0.862. The number of rotatable bonds is 1. The van der Waals surface area contributed by atoms with E-state index in [0.29, 0.717) is 10.6 Å². The summed E-state index contributed by atoms with van der Waals surface area (Å²) >= 11 is 1.19. The first-order chi connectivity index (χ1) is 7.89. The maximum atomic E-state index is 12.1. The van der Waals surface area contributed by atoms with Crippen molar-refractivity contribution >= 4 is 22.2 Å². The Bertz CT molecular complexity index is 432. The van der Waals surface area contributed by atoms with E-state index in [2.05, 4.69) is 0 Å². The van der Waals surface area contributed by atoms with Gasteiger partial charge in [-0.05, 0) is 11.4 Å². The monoisotopic (exact) mass is 266 g/mol. The number of nitrogens with one attached hydrogen (secondary N) is 2. The van der Waals surface area contributed by atoms with Crippen LogP contribution in [0.2, 0.25) is 0 Å². The predicted molar refractivity (Wildman–Crippen MR) is 54.7 cm³/mol. The smallest absolute Gasteiger partial charge is 0.471 e. The molecule has 2 rings (SSSR count). The van der Waals surface area contributed by atoms with Gasteiger partial charge in [-0.15, -0.1) is 0 Å². The van der Waals surface area contributed by atoms with E-state index >= 15 is 0 Å². The quantitative estimate of drug-likeness (QED) is 0.742. The first-order valence-electron chi connectivity index (χ1n) is 4.88. The van der Waals surface area contributed by atoms with Crippen LogP contribution in [-0.4, -0.2) is 18.6 Å². The van der Waals surface area contributed by atoms with Crippen molar-refractivity contribution in [1.29, 1.82) is 0 Å². The lowest BCUT2D eigenvalue weighted by atomic mass is 10.0. The third-order valence-electron chi connectivity index (χ3n) is 2.55. The van der Waals surface area contributed by atoms with Crippen LogP contribution in [0.4, 0.5) is 18.2 Å². The molecule has 2 N–H and O–H groups in total. The zero-order valence-corrected chi connectivity index (χ0v) is 9.32. The lowest BCUT2D eigenvalue weighted by Gasteiger charge is -2.31. The largest absolute Gasteiger partial charge is 0.628 e. The summed E-state index contributed by atoms with van der Waals surface area (Å²) in [5.74, 6) is -1.96. The molecule has 17 heavy (non-hydrogen) atoms. The first kappa shape index (κ1) is 12.3. The molecule has 0 radical (unpaired) electrons. The molecule has 0 bridgehead atoms. The van der Waals surface area contributed by atoms with Crippen LogP contribution in [0.3, 0.4) is 0 Å². The molecule has 2 heterocycles. The Morgan fingerprint density at radius 2 is 2.29 bits per heavy atom. The highest BCUT2D eigenvalue weighted by Crippen LogP contribution is 2.31. The molecule has 2 unspecified atom stereocenters. The first-order valence-corrected chi connectivity index (χ1v) is 5.76. The van der Waals surface area contributed by atoms with Crippen molar-refractivity contribution in [2.24, 2.45) is 0 Å². The topological polar surface area (TPSA) is 56.6 Å². The second-order valence-electron chi connectivity index (χ2n) is 3.69. The second-order valence-corrected chi connectivity index (χ2v) is 4.61. The molecule has 1 aliphatic heterocycles. The Kier molecular flexibility index (Phi) is 3.11. The molecule has 2 atom stereocenters. The number of hydroxylamine groups is 1. The van der Waals surface area contributed by atoms with Gasteiger partial charge in [0.25, 0.3) is 0 Å². The zero-order chi connectivity index (χ0) is 12.6. The van der Waals surface area contributed by atoms with Crippen LogP contribution in [0, 0.1) is 5.21 Å². The van der Waals surface area contributed by atoms with Crippen LogP contribution in [0.15, 0.2) is 11.4 Å². The number of carbonyl (C=O) groups excluding carboxylic acids is 1. The summed E-state index contributed by atoms with van der Waals surface area (Å²) in [6.45, 7) is 0.163. The molecule has 1 aromatic heterocycles. The summed E-state index contributed by atoms with van der Waals surface area (Å²) in [5.41, 5.74) is 0.490. The Morgan fingerprint density at radius 1 is 1.59 bits per heavy atom. The van der Waals surface area contributed by atoms with E-state index < -0.39 is 18.1 Å². The average molecular weight is 266 g/mol. The molecule has 0 saturated heterocycles. The maximum Gasteiger partial charge on any atom is 0.471 e. The number of fused-ring (bicyclic) bond motifs is 1. The summed E-state index contributed by atoms with van der Waals surface area (Å²) < 4.78 is 36.3. The Hall–Kier alpha value is -1.12. The standard InChI is InChI=1S/C9H9F3N2O2S/c10-9(11,12)8(15)13-6-1-3-14(16)7-5(6)2-4-17-7/h2,4,6,14H,1,3H2,(H,13,15). The van der Waals surface area contributed by atoms with E-state index in [0.717, 1.165) is 0 Å². The molecule has 1 aromatic rings. The predicted octanol–water partition coefficient (Wildman–Crippen LogP) is 0.886. The molecule has 0 saturated carbocycles. The lowest BCUT2D eigenvalue weighted by molar-refractivity contribution is -0.777. The fraction of sp³-hybridized carbons (Fsp3) is 0.444. The molecule has 0 aromatic carbocycles. The number of thiophene rings is 1. The third-order valence-corrected chi connectivity index (χ3v) is 3.52. The molecule has 8 heteroatoms. The van der Waals surface area contributed by atoms with Gasteiger partial charge in [-0.2, -0.15) is 13.2 Å². The van der Waals surface area contributed by atoms with Crippen molar-refractivity contribution in [3.05, 3.63) is 22.2 Å². The van der Waals surface area contributed by atoms with Crippen LogP contribution in [0.1, 0.15) is 18.0 Å². The van der Waals surface area contributed by atoms with Gasteiger partial charge < -0.3 is 15.6 Å². The van der Waals surface area contributed by atoms with Crippen molar-refractivity contribution in [3.8, 4) is 0 Å². The molecular weight excluding hydrogens is 257 g/mol. The van der Waals surface area contributed by atoms with E-state index in [4.69, 9.17) is 0 Å². The average Bonchev–Trinajstić information content (AvgIpc) is 2.70. The van der Waals surface area contributed by atoms with Crippen molar-refractivity contribution < 1.29 is 23.0 Å². The Morgan fingerprint density at radius 3 is 2.94 bits per heavy atom. The molecule has 94 valence electrons. The van der Waals surface area contributed by atoms with Crippen LogP contribution >= 0.6 is 11.3 Å². The van der Waals surface area contributed by atoms with Crippen molar-refractivity contribution in [1.82, 2.24) is 5.32 Å². The van der Waals surface area contributed by atoms with Crippen LogP contribution < -0.4 is 10.4 Å². The number of alkyl halides is 3. The van der Waals surface area contributed by atoms with Crippen LogP contribution in [-0.2, 0) is 4.79 Å². The summed E-state index contributed by atoms with van der Waals surface area (Å²) in [7, 11) is 0. The van der Waals surface area contributed by atoms with Crippen molar-refractivity contribution in [2.75, 3.05) is 6.54 Å². The van der Waals surface area contributed by atoms with Crippen LogP contribution in [0.25, 0.3) is 0 Å². The van der Waals surface area contributed by atoms with Gasteiger partial charge in [0.15, 0.2) is 5.00 Å². The van der Waals surface area contributed by atoms with Gasteiger partial charge in [-0.3, -0.25) is 4.79 Å². The summed E-state index contributed by atoms with van der Waals surface area (Å²) in [4.78, 5) is 10.8. The molecule has 0 spiro atoms. The number of hydrogen-bond acceptors (Lipinski definition) is 3. The Labute approximate surface area is 98.6 Å². The van der Waals surface area contributed by atoms with Gasteiger partial charge in [-0.25, -0.2) is 0 Å². The van der Waals surface area contributed by atoms with Gasteiger partial charge in [0.1, 0.15) is 0 Å². The summed E-state index contributed by atoms with van der Waals surface area (Å²) in [5, 5.41) is 15.4. The van der Waals surface area contributed by atoms with Gasteiger partial charge in [0.05, 0.1) is 12.6 Å². The normalized spacial score (nSPS) is 24.2. The highest BCUT2D eigenvalue weighted by atomic mass is 32.1. The molecule has 0 fully saturated rings. The van der Waals surface area contributed by atoms with Gasteiger partial charge >= 0.3 is 12.1 Å². The van der Waals surface area contributed by atoms with E-state index in [1.807, 2.05) is 5.32 Å². The number of carbonyl (C=O) groups is 1. The highest BCUT2D eigenvalue weighted by molar-refractivity contribution is 7.13. The zero-order valence-electron chi connectivity index (χ0n) is 8.50. The molecular formula is C9H9F3N2O2S. The molecule has 0 aliphatic carbocycles. The third kappa shape index (κ3) is 2.43. The number of halogens is 3. The Balaban J connectivity index is 2.15.